The van der Waals surface area contributed by atoms with Gasteiger partial charge < -0.3 is 0 Å². The summed E-state index contributed by atoms with van der Waals surface area (Å²) >= 11 is 0. The second-order valence-electron chi connectivity index (χ2n) is 4.54. The molecule has 0 bridgehead atoms. The Hall–Kier alpha value is -1.04. The highest BCUT2D eigenvalue weighted by Gasteiger charge is 1.95. The summed E-state index contributed by atoms with van der Waals surface area (Å²) in [5.74, 6) is 0. The monoisotopic (exact) mass is 216 g/mol. The molecule has 88 valence electrons. The maximum Gasteiger partial charge on any atom is -0.0228 e. The van der Waals surface area contributed by atoms with Crippen molar-refractivity contribution >= 4 is 6.08 Å². The van der Waals surface area contributed by atoms with Gasteiger partial charge in [0.15, 0.2) is 0 Å². The van der Waals surface area contributed by atoms with Crippen molar-refractivity contribution in [3.8, 4) is 0 Å². The van der Waals surface area contributed by atoms with Crippen molar-refractivity contribution in [2.24, 2.45) is 0 Å². The molecular formula is C16H24. The van der Waals surface area contributed by atoms with Gasteiger partial charge in [0, 0.05) is 0 Å². The molecule has 0 amide bonds. The van der Waals surface area contributed by atoms with Gasteiger partial charge in [0.05, 0.1) is 0 Å². The summed E-state index contributed by atoms with van der Waals surface area (Å²) in [5, 5.41) is 0. The van der Waals surface area contributed by atoms with E-state index in [1.165, 1.54) is 48.8 Å². The molecule has 1 rings (SSSR count). The first-order valence-electron chi connectivity index (χ1n) is 6.48. The topological polar surface area (TPSA) is 0 Å². The molecule has 0 saturated heterocycles. The van der Waals surface area contributed by atoms with Gasteiger partial charge in [-0.15, -0.1) is 0 Å². The van der Waals surface area contributed by atoms with Crippen molar-refractivity contribution in [2.75, 3.05) is 0 Å². The summed E-state index contributed by atoms with van der Waals surface area (Å²) in [6.45, 7) is 6.63. The summed E-state index contributed by atoms with van der Waals surface area (Å²) in [6, 6.07) is 6.51. The Balaban J connectivity index is 2.41. The molecule has 1 aromatic rings. The number of allylic oxidation sites excluding steroid dienone is 1. The summed E-state index contributed by atoms with van der Waals surface area (Å²) < 4.78 is 0. The zero-order chi connectivity index (χ0) is 11.8. The van der Waals surface area contributed by atoms with Gasteiger partial charge in [-0.3, -0.25) is 0 Å². The molecule has 0 saturated carbocycles. The Morgan fingerprint density at radius 1 is 1.06 bits per heavy atom. The lowest BCUT2D eigenvalue weighted by Crippen LogP contribution is -1.84. The molecule has 0 atom stereocenters. The van der Waals surface area contributed by atoms with Crippen LogP contribution in [0, 0.1) is 13.8 Å². The van der Waals surface area contributed by atoms with Gasteiger partial charge >= 0.3 is 0 Å². The van der Waals surface area contributed by atoms with E-state index in [2.05, 4.69) is 51.1 Å². The lowest BCUT2D eigenvalue weighted by atomic mass is 10.0. The minimum Gasteiger partial charge on any atom is -0.0839 e. The lowest BCUT2D eigenvalue weighted by Gasteiger charge is -2.03. The van der Waals surface area contributed by atoms with Crippen molar-refractivity contribution in [3.63, 3.8) is 0 Å². The predicted molar refractivity (Wildman–Crippen MR) is 73.7 cm³/mol. The molecular weight excluding hydrogens is 192 g/mol. The molecule has 0 radical (unpaired) electrons. The van der Waals surface area contributed by atoms with Crippen LogP contribution in [0.25, 0.3) is 6.08 Å². The first kappa shape index (κ1) is 13.0. The van der Waals surface area contributed by atoms with E-state index in [9.17, 15) is 0 Å². The van der Waals surface area contributed by atoms with Crippen LogP contribution in [0.1, 0.15) is 55.7 Å². The Morgan fingerprint density at radius 2 is 1.88 bits per heavy atom. The third-order valence-corrected chi connectivity index (χ3v) is 3.17. The average molecular weight is 216 g/mol. The molecule has 1 aromatic carbocycles. The molecule has 0 aromatic heterocycles. The van der Waals surface area contributed by atoms with Gasteiger partial charge in [-0.2, -0.15) is 0 Å². The summed E-state index contributed by atoms with van der Waals surface area (Å²) in [6.07, 6.45) is 11.2. The number of hydrogen-bond donors (Lipinski definition) is 0. The first-order chi connectivity index (χ1) is 7.75. The fourth-order valence-electron chi connectivity index (χ4n) is 1.85. The van der Waals surface area contributed by atoms with Crippen LogP contribution in [0.3, 0.4) is 0 Å². The van der Waals surface area contributed by atoms with Gasteiger partial charge in [-0.1, -0.05) is 56.5 Å². The van der Waals surface area contributed by atoms with Gasteiger partial charge in [-0.25, -0.2) is 0 Å². The summed E-state index contributed by atoms with van der Waals surface area (Å²) in [4.78, 5) is 0. The third-order valence-electron chi connectivity index (χ3n) is 3.17. The quantitative estimate of drug-likeness (QED) is 0.567. The van der Waals surface area contributed by atoms with Crippen LogP contribution in [-0.4, -0.2) is 0 Å². The summed E-state index contributed by atoms with van der Waals surface area (Å²) in [7, 11) is 0. The summed E-state index contributed by atoms with van der Waals surface area (Å²) in [5.41, 5.74) is 4.16. The molecule has 0 N–H and O–H groups in total. The van der Waals surface area contributed by atoms with E-state index >= 15 is 0 Å². The van der Waals surface area contributed by atoms with Crippen molar-refractivity contribution in [1.82, 2.24) is 0 Å². The molecule has 0 heteroatoms. The highest BCUT2D eigenvalue weighted by atomic mass is 14.0. The fraction of sp³-hybridized carbons (Fsp3) is 0.500. The van der Waals surface area contributed by atoms with Crippen molar-refractivity contribution in [3.05, 3.63) is 41.0 Å². The maximum absolute atomic E-state index is 2.32. The highest BCUT2D eigenvalue weighted by Crippen LogP contribution is 2.15. The SMILES string of the molecule is CCCCCCC=Cc1cccc(C)c1C. The highest BCUT2D eigenvalue weighted by molar-refractivity contribution is 5.55. The molecule has 0 nitrogen and oxygen atoms in total. The van der Waals surface area contributed by atoms with Crippen molar-refractivity contribution in [2.45, 2.75) is 52.9 Å². The van der Waals surface area contributed by atoms with Crippen LogP contribution in [-0.2, 0) is 0 Å². The minimum atomic E-state index is 1.22. The third kappa shape index (κ3) is 4.22. The lowest BCUT2D eigenvalue weighted by molar-refractivity contribution is 0.675. The van der Waals surface area contributed by atoms with E-state index in [4.69, 9.17) is 0 Å². The molecule has 16 heavy (non-hydrogen) atoms. The van der Waals surface area contributed by atoms with Crippen molar-refractivity contribution in [1.29, 1.82) is 0 Å². The van der Waals surface area contributed by atoms with Crippen LogP contribution in [0.15, 0.2) is 24.3 Å². The van der Waals surface area contributed by atoms with Gasteiger partial charge in [0.25, 0.3) is 0 Å². The van der Waals surface area contributed by atoms with E-state index in [1.54, 1.807) is 0 Å². The predicted octanol–water partition coefficient (Wildman–Crippen LogP) is 5.29. The van der Waals surface area contributed by atoms with E-state index in [0.717, 1.165) is 0 Å². The molecule has 0 fully saturated rings. The molecule has 0 heterocycles. The first-order valence-corrected chi connectivity index (χ1v) is 6.48. The number of rotatable bonds is 6. The Labute approximate surface area is 100 Å². The van der Waals surface area contributed by atoms with Crippen LogP contribution < -0.4 is 0 Å². The molecule has 0 spiro atoms. The Morgan fingerprint density at radius 3 is 2.62 bits per heavy atom. The fourth-order valence-corrected chi connectivity index (χ4v) is 1.85. The van der Waals surface area contributed by atoms with E-state index in [0.29, 0.717) is 0 Å². The van der Waals surface area contributed by atoms with Crippen LogP contribution >= 0.6 is 0 Å². The zero-order valence-electron chi connectivity index (χ0n) is 10.9. The largest absolute Gasteiger partial charge is 0.0839 e. The van der Waals surface area contributed by atoms with Crippen LogP contribution in [0.5, 0.6) is 0 Å². The van der Waals surface area contributed by atoms with E-state index in [-0.39, 0.29) is 0 Å². The number of aryl methyl sites for hydroxylation is 1. The zero-order valence-corrected chi connectivity index (χ0v) is 10.9. The molecule has 0 aliphatic rings. The van der Waals surface area contributed by atoms with Gasteiger partial charge in [0.1, 0.15) is 0 Å². The molecule has 0 unspecified atom stereocenters. The molecule has 0 aliphatic carbocycles. The van der Waals surface area contributed by atoms with Crippen molar-refractivity contribution < 1.29 is 0 Å². The van der Waals surface area contributed by atoms with E-state index in [1.807, 2.05) is 0 Å². The number of unbranched alkanes of at least 4 members (excludes halogenated alkanes) is 4. The molecule has 0 aliphatic heterocycles. The second-order valence-corrected chi connectivity index (χ2v) is 4.54. The number of benzene rings is 1. The van der Waals surface area contributed by atoms with Crippen LogP contribution in [0.4, 0.5) is 0 Å². The van der Waals surface area contributed by atoms with Gasteiger partial charge in [-0.05, 0) is 43.4 Å². The normalized spacial score (nSPS) is 11.2. The maximum atomic E-state index is 2.32. The second kappa shape index (κ2) is 7.27. The van der Waals surface area contributed by atoms with Crippen LogP contribution in [0.2, 0.25) is 0 Å². The number of hydrogen-bond acceptors (Lipinski definition) is 0. The smallest absolute Gasteiger partial charge is 0.0228 e. The Bertz CT molecular complexity index is 334. The standard InChI is InChI=1S/C16H24/c1-4-5-6-7-8-9-12-16-13-10-11-14(2)15(16)3/h9-13H,4-8H2,1-3H3. The Kier molecular flexibility index (Phi) is 5.92. The van der Waals surface area contributed by atoms with E-state index < -0.39 is 0 Å². The minimum absolute atomic E-state index is 1.22. The average Bonchev–Trinajstić information content (AvgIpc) is 2.29. The van der Waals surface area contributed by atoms with Gasteiger partial charge in [0.2, 0.25) is 0 Å².